The van der Waals surface area contributed by atoms with Crippen molar-refractivity contribution in [3.05, 3.63) is 64.2 Å². The van der Waals surface area contributed by atoms with Crippen LogP contribution in [0.15, 0.2) is 36.4 Å². The number of hydrogen-bond donors (Lipinski definition) is 1. The molecule has 1 N–H and O–H groups in total. The van der Waals surface area contributed by atoms with E-state index in [9.17, 15) is 9.59 Å². The van der Waals surface area contributed by atoms with Crippen molar-refractivity contribution in [2.45, 2.75) is 86.1 Å². The van der Waals surface area contributed by atoms with Crippen LogP contribution in [0.25, 0.3) is 0 Å². The van der Waals surface area contributed by atoms with Crippen LogP contribution in [0.4, 0.5) is 5.69 Å². The second kappa shape index (κ2) is 17.4. The maximum Gasteiger partial charge on any atom is 0.241 e. The molecule has 2 aromatic carbocycles. The van der Waals surface area contributed by atoms with Crippen molar-refractivity contribution in [3.63, 3.8) is 0 Å². The number of quaternary nitrogens is 1. The lowest BCUT2D eigenvalue weighted by atomic mass is 9.97. The van der Waals surface area contributed by atoms with E-state index in [-0.39, 0.29) is 28.9 Å². The van der Waals surface area contributed by atoms with Crippen LogP contribution in [0.5, 0.6) is 0 Å². The van der Waals surface area contributed by atoms with E-state index in [1.165, 1.54) is 16.7 Å². The smallest absolute Gasteiger partial charge is 0.241 e. The summed E-state index contributed by atoms with van der Waals surface area (Å²) in [6, 6.07) is 12.4. The van der Waals surface area contributed by atoms with E-state index in [2.05, 4.69) is 82.1 Å². The molecular weight excluding hydrogens is 594 g/mol. The van der Waals surface area contributed by atoms with Crippen LogP contribution in [0, 0.1) is 27.7 Å². The normalized spacial score (nSPS) is 15.8. The van der Waals surface area contributed by atoms with Gasteiger partial charge in [-0.3, -0.25) is 14.5 Å². The number of para-hydroxylation sites is 1. The molecule has 1 aliphatic rings. The number of benzene rings is 2. The first-order chi connectivity index (χ1) is 19.2. The van der Waals surface area contributed by atoms with E-state index >= 15 is 0 Å². The number of hydrogen-bond acceptors (Lipinski definition) is 4. The number of rotatable bonds is 15. The molecule has 0 saturated carbocycles. The van der Waals surface area contributed by atoms with E-state index in [0.29, 0.717) is 18.7 Å². The predicted molar refractivity (Wildman–Crippen MR) is 171 cm³/mol. The highest BCUT2D eigenvalue weighted by molar-refractivity contribution is 7.99. The molecular formula is C34H52BrN3O2S. The van der Waals surface area contributed by atoms with Crippen LogP contribution in [0.1, 0.15) is 73.8 Å². The lowest BCUT2D eigenvalue weighted by molar-refractivity contribution is -0.918. The Morgan fingerprint density at radius 3 is 2.07 bits per heavy atom. The Labute approximate surface area is 264 Å². The number of aryl methyl sites for hydroxylation is 4. The molecule has 2 aromatic rings. The quantitative estimate of drug-likeness (QED) is 0.236. The molecule has 0 aliphatic carbocycles. The Kier molecular flexibility index (Phi) is 15.1. The van der Waals surface area contributed by atoms with E-state index < -0.39 is 0 Å². The van der Waals surface area contributed by atoms with Gasteiger partial charge in [-0.05, 0) is 87.7 Å². The molecule has 1 amide bonds. The first-order valence-electron chi connectivity index (χ1n) is 15.3. The van der Waals surface area contributed by atoms with Gasteiger partial charge in [-0.2, -0.15) is 0 Å². The van der Waals surface area contributed by atoms with E-state index in [1.54, 1.807) is 0 Å². The number of anilines is 1. The number of likely N-dealkylation sites (tertiary alicyclic amines) is 1. The van der Waals surface area contributed by atoms with Crippen LogP contribution in [0.2, 0.25) is 0 Å². The van der Waals surface area contributed by atoms with Crippen molar-refractivity contribution in [3.8, 4) is 0 Å². The summed E-state index contributed by atoms with van der Waals surface area (Å²) >= 11 is 1.93. The fourth-order valence-corrected chi connectivity index (χ4v) is 7.57. The number of Topliss-reactive ketones (excluding diaryl/α,β-unsaturated/α-hetero) is 1. The summed E-state index contributed by atoms with van der Waals surface area (Å²) < 4.78 is 0.875. The molecule has 228 valence electrons. The van der Waals surface area contributed by atoms with E-state index in [4.69, 9.17) is 0 Å². The number of carbonyl (C=O) groups excluding carboxylic acids is 2. The van der Waals surface area contributed by atoms with Crippen LogP contribution in [-0.4, -0.2) is 71.5 Å². The van der Waals surface area contributed by atoms with Gasteiger partial charge in [0.2, 0.25) is 5.91 Å². The average molecular weight is 647 g/mol. The molecule has 3 rings (SSSR count). The molecule has 1 atom stereocenters. The fourth-order valence-electron chi connectivity index (χ4n) is 6.38. The third-order valence-corrected chi connectivity index (χ3v) is 9.52. The highest BCUT2D eigenvalue weighted by atomic mass is 79.9. The number of nitrogens with zero attached hydrogens (tertiary/aromatic N) is 2. The van der Waals surface area contributed by atoms with Gasteiger partial charge in [0.25, 0.3) is 0 Å². The van der Waals surface area contributed by atoms with Crippen molar-refractivity contribution >= 4 is 29.1 Å². The number of thioether (sulfide) groups is 1. The molecule has 7 heteroatoms. The molecule has 0 bridgehead atoms. The summed E-state index contributed by atoms with van der Waals surface area (Å²) in [7, 11) is 0. The average Bonchev–Trinajstić information content (AvgIpc) is 2.91. The summed E-state index contributed by atoms with van der Waals surface area (Å²) in [5.74, 6) is 2.33. The Hall–Kier alpha value is -1.67. The van der Waals surface area contributed by atoms with Crippen molar-refractivity contribution in [1.29, 1.82) is 0 Å². The summed E-state index contributed by atoms with van der Waals surface area (Å²) in [6.45, 7) is 17.5. The van der Waals surface area contributed by atoms with Crippen LogP contribution in [0.3, 0.4) is 0 Å². The van der Waals surface area contributed by atoms with Crippen molar-refractivity contribution in [2.75, 3.05) is 49.7 Å². The zero-order chi connectivity index (χ0) is 29.1. The van der Waals surface area contributed by atoms with Gasteiger partial charge in [-0.1, -0.05) is 56.7 Å². The molecule has 5 nitrogen and oxygen atoms in total. The monoisotopic (exact) mass is 645 g/mol. The zero-order valence-corrected chi connectivity index (χ0v) is 28.6. The van der Waals surface area contributed by atoms with Crippen LogP contribution < -0.4 is 22.3 Å². The van der Waals surface area contributed by atoms with Crippen molar-refractivity contribution < 1.29 is 31.1 Å². The van der Waals surface area contributed by atoms with Crippen molar-refractivity contribution in [1.82, 2.24) is 4.90 Å². The molecule has 41 heavy (non-hydrogen) atoms. The summed E-state index contributed by atoms with van der Waals surface area (Å²) in [5.41, 5.74) is 6.80. The Bertz CT molecular complexity index is 1090. The highest BCUT2D eigenvalue weighted by Gasteiger charge is 2.31. The minimum atomic E-state index is -0.0790. The molecule has 0 spiro atoms. The van der Waals surface area contributed by atoms with Gasteiger partial charge in [-0.25, -0.2) is 0 Å². The largest absolute Gasteiger partial charge is 1.00 e. The predicted octanol–water partition coefficient (Wildman–Crippen LogP) is 3.86. The lowest BCUT2D eigenvalue weighted by Crippen LogP contribution is -3.00. The summed E-state index contributed by atoms with van der Waals surface area (Å²) in [6.07, 6.45) is 5.84. The maximum absolute atomic E-state index is 13.4. The van der Waals surface area contributed by atoms with Gasteiger partial charge in [0.15, 0.2) is 5.78 Å². The topological polar surface area (TPSA) is 49.4 Å². The molecule has 1 aliphatic heterocycles. The highest BCUT2D eigenvalue weighted by Crippen LogP contribution is 2.25. The van der Waals surface area contributed by atoms with Gasteiger partial charge >= 0.3 is 0 Å². The van der Waals surface area contributed by atoms with Crippen molar-refractivity contribution in [2.24, 2.45) is 0 Å². The minimum absolute atomic E-state index is 0. The third-order valence-electron chi connectivity index (χ3n) is 8.54. The third kappa shape index (κ3) is 10.2. The molecule has 0 aromatic heterocycles. The van der Waals surface area contributed by atoms with Crippen LogP contribution in [-0.2, 0) is 16.0 Å². The SMILES string of the molecule is CCC[N+](CCC)(CCSCN1CCCCC1C(=O)Nc1c(C)cccc1C)CC(=O)Cc1c(C)cccc1C.[Br-]. The minimum Gasteiger partial charge on any atom is -1.00 e. The van der Waals surface area contributed by atoms with Gasteiger partial charge in [0, 0.05) is 23.7 Å². The second-order valence-corrected chi connectivity index (χ2v) is 12.9. The van der Waals surface area contributed by atoms with E-state index in [1.807, 2.05) is 17.8 Å². The Morgan fingerprint density at radius 1 is 0.902 bits per heavy atom. The first-order valence-corrected chi connectivity index (χ1v) is 16.5. The molecule has 1 saturated heterocycles. The summed E-state index contributed by atoms with van der Waals surface area (Å²) in [5, 5.41) is 3.25. The number of halogens is 1. The molecule has 1 heterocycles. The second-order valence-electron chi connectivity index (χ2n) is 11.9. The van der Waals surface area contributed by atoms with E-state index in [0.717, 1.165) is 91.2 Å². The van der Waals surface area contributed by atoms with Crippen LogP contribution >= 0.6 is 11.8 Å². The molecule has 0 radical (unpaired) electrons. The number of carbonyl (C=O) groups is 2. The molecule has 1 unspecified atom stereocenters. The van der Waals surface area contributed by atoms with Gasteiger partial charge in [-0.15, -0.1) is 11.8 Å². The number of amides is 1. The van der Waals surface area contributed by atoms with Gasteiger partial charge in [0.1, 0.15) is 6.54 Å². The fraction of sp³-hybridized carbons (Fsp3) is 0.588. The Balaban J connectivity index is 0.00000588. The number of ketones is 1. The van der Waals surface area contributed by atoms with Gasteiger partial charge < -0.3 is 26.8 Å². The lowest BCUT2D eigenvalue weighted by Gasteiger charge is -2.39. The summed E-state index contributed by atoms with van der Waals surface area (Å²) in [4.78, 5) is 29.1. The Morgan fingerprint density at radius 2 is 1.49 bits per heavy atom. The zero-order valence-electron chi connectivity index (χ0n) is 26.2. The van der Waals surface area contributed by atoms with Gasteiger partial charge in [0.05, 0.1) is 25.7 Å². The number of piperidine rings is 1. The number of nitrogens with one attached hydrogen (secondary N) is 1. The molecule has 1 fully saturated rings. The first kappa shape index (κ1) is 35.5. The maximum atomic E-state index is 13.4. The standard InChI is InChI=1S/C34H51N3O2S.BrH/c1-7-19-37(20-8-2,24-30(38)23-31-26(3)13-11-14-27(31)4)21-22-40-25-36-18-10-9-17-32(36)34(39)35-33-28(5)15-12-16-29(33)6;/h11-16,32H,7-10,17-25H2,1-6H3;1H.